The lowest BCUT2D eigenvalue weighted by atomic mass is 9.92. The number of esters is 4. The van der Waals surface area contributed by atoms with Crippen LogP contribution in [0.2, 0.25) is 0 Å². The summed E-state index contributed by atoms with van der Waals surface area (Å²) in [5, 5.41) is 61.8. The Morgan fingerprint density at radius 3 is 1.67 bits per heavy atom. The summed E-state index contributed by atoms with van der Waals surface area (Å²) in [4.78, 5) is 98.3. The Bertz CT molecular complexity index is 1680. The van der Waals surface area contributed by atoms with Crippen LogP contribution < -0.4 is 9.47 Å². The standard InChI is InChI=1S/C18H24N4O18.C13H16O4/c23-11(1-5-19(28)29)36-9-10-15(38-12(24)2-6-20(30)31)16(39-13(25)3-7-21(32)33)17(18(27)37-10)40-14(26)4-8-22(34)35;1-13(2)7-6-8-10(17-13)5-4-9(12(14)15)11(8)16-3/h10,15-18,27H,1-9H2;4-5H,6-7H2,1-3H3,(H,14,15). The molecule has 0 amide bonds. The number of nitrogens with zero attached hydrogens (tertiary/aromatic N) is 4. The highest BCUT2D eigenvalue weighted by Gasteiger charge is 2.52. The molecule has 1 aromatic rings. The molecule has 0 aliphatic carbocycles. The second-order valence-electron chi connectivity index (χ2n) is 12.6. The minimum Gasteiger partial charge on any atom is -0.495 e. The van der Waals surface area contributed by atoms with Crippen LogP contribution in [0, 0.1) is 40.5 Å². The molecule has 26 nitrogen and oxygen atoms in total. The summed E-state index contributed by atoms with van der Waals surface area (Å²) in [5.41, 5.74) is 0.837. The van der Waals surface area contributed by atoms with E-state index in [0.717, 1.165) is 24.2 Å². The molecule has 316 valence electrons. The second kappa shape index (κ2) is 21.7. The van der Waals surface area contributed by atoms with E-state index >= 15 is 0 Å². The fraction of sp³-hybridized carbons (Fsp3) is 0.645. The van der Waals surface area contributed by atoms with Crippen LogP contribution >= 0.6 is 0 Å². The third kappa shape index (κ3) is 15.8. The maximum atomic E-state index is 12.3. The molecule has 2 N–H and O–H groups in total. The van der Waals surface area contributed by atoms with Gasteiger partial charge in [0.1, 0.15) is 61.1 Å². The monoisotopic (exact) mass is 820 g/mol. The smallest absolute Gasteiger partial charge is 0.339 e. The minimum absolute atomic E-state index is 0.189. The number of methoxy groups -OCH3 is 1. The number of hydrogen-bond acceptors (Lipinski definition) is 21. The van der Waals surface area contributed by atoms with Crippen LogP contribution in [0.4, 0.5) is 0 Å². The van der Waals surface area contributed by atoms with Gasteiger partial charge in [-0.25, -0.2) is 4.79 Å². The summed E-state index contributed by atoms with van der Waals surface area (Å²) in [6, 6.07) is 3.24. The number of rotatable bonds is 19. The third-order valence-electron chi connectivity index (χ3n) is 7.83. The van der Waals surface area contributed by atoms with Crippen LogP contribution in [-0.2, 0) is 49.3 Å². The molecule has 0 radical (unpaired) electrons. The summed E-state index contributed by atoms with van der Waals surface area (Å²) < 4.78 is 36.1. The van der Waals surface area contributed by atoms with Gasteiger partial charge in [0.25, 0.3) is 0 Å². The van der Waals surface area contributed by atoms with Crippen molar-refractivity contribution in [2.45, 2.75) is 88.7 Å². The van der Waals surface area contributed by atoms with Crippen molar-refractivity contribution >= 4 is 29.8 Å². The number of hydrogen-bond donors (Lipinski definition) is 2. The number of carboxylic acid groups (broad SMARTS) is 1. The molecule has 0 saturated carbocycles. The van der Waals surface area contributed by atoms with Crippen molar-refractivity contribution in [2.75, 3.05) is 39.9 Å². The van der Waals surface area contributed by atoms with Crippen molar-refractivity contribution in [2.24, 2.45) is 0 Å². The predicted octanol–water partition coefficient (Wildman–Crippen LogP) is 0.146. The van der Waals surface area contributed by atoms with Crippen molar-refractivity contribution in [1.82, 2.24) is 0 Å². The first kappa shape index (κ1) is 46.8. The van der Waals surface area contributed by atoms with Crippen LogP contribution in [0.5, 0.6) is 11.5 Å². The van der Waals surface area contributed by atoms with Gasteiger partial charge in [0.15, 0.2) is 24.6 Å². The van der Waals surface area contributed by atoms with E-state index in [1.807, 2.05) is 13.8 Å². The Kier molecular flexibility index (Phi) is 17.8. The van der Waals surface area contributed by atoms with Crippen molar-refractivity contribution in [3.8, 4) is 11.5 Å². The Balaban J connectivity index is 0.000000542. The van der Waals surface area contributed by atoms with Gasteiger partial charge in [-0.3, -0.25) is 59.6 Å². The van der Waals surface area contributed by atoms with Gasteiger partial charge in [0.05, 0.1) is 7.11 Å². The third-order valence-corrected chi connectivity index (χ3v) is 7.83. The quantitative estimate of drug-likeness (QED) is 0.0811. The normalized spacial score (nSPS) is 20.4. The van der Waals surface area contributed by atoms with E-state index in [-0.39, 0.29) is 11.2 Å². The number of ether oxygens (including phenoxy) is 7. The van der Waals surface area contributed by atoms with Crippen LogP contribution in [-0.4, -0.2) is 136 Å². The zero-order chi connectivity index (χ0) is 43.0. The van der Waals surface area contributed by atoms with Gasteiger partial charge < -0.3 is 43.4 Å². The molecule has 5 atom stereocenters. The molecule has 1 fully saturated rings. The van der Waals surface area contributed by atoms with Crippen molar-refractivity contribution in [3.63, 3.8) is 0 Å². The van der Waals surface area contributed by atoms with Gasteiger partial charge in [-0.1, -0.05) is 0 Å². The molecule has 0 spiro atoms. The number of carbonyl (C=O) groups excluding carboxylic acids is 4. The number of benzene rings is 1. The van der Waals surface area contributed by atoms with E-state index < -0.39 is 139 Å². The van der Waals surface area contributed by atoms with Gasteiger partial charge in [0.2, 0.25) is 26.2 Å². The predicted molar refractivity (Wildman–Crippen MR) is 180 cm³/mol. The van der Waals surface area contributed by atoms with Crippen molar-refractivity contribution in [3.05, 3.63) is 63.7 Å². The fourth-order valence-corrected chi connectivity index (χ4v) is 5.16. The molecule has 2 aliphatic rings. The molecule has 1 aromatic carbocycles. The van der Waals surface area contributed by atoms with Crippen molar-refractivity contribution < 1.29 is 87.0 Å². The Labute approximate surface area is 320 Å². The molecule has 3 rings (SSSR count). The minimum atomic E-state index is -2.22. The van der Waals surface area contributed by atoms with Gasteiger partial charge in [-0.05, 0) is 38.8 Å². The number of carbonyl (C=O) groups is 5. The van der Waals surface area contributed by atoms with Crippen LogP contribution in [0.1, 0.15) is 61.9 Å². The van der Waals surface area contributed by atoms with E-state index in [2.05, 4.69) is 0 Å². The number of aliphatic hydroxyl groups excluding tert-OH is 1. The Morgan fingerprint density at radius 1 is 0.754 bits per heavy atom. The lowest BCUT2D eigenvalue weighted by molar-refractivity contribution is -0.479. The Morgan fingerprint density at radius 2 is 1.21 bits per heavy atom. The van der Waals surface area contributed by atoms with E-state index in [4.69, 9.17) is 38.3 Å². The van der Waals surface area contributed by atoms with Crippen LogP contribution in [0.3, 0.4) is 0 Å². The lowest BCUT2D eigenvalue weighted by Crippen LogP contribution is -2.62. The Hall–Kier alpha value is -6.31. The van der Waals surface area contributed by atoms with Crippen molar-refractivity contribution in [1.29, 1.82) is 0 Å². The summed E-state index contributed by atoms with van der Waals surface area (Å²) >= 11 is 0. The first-order chi connectivity index (χ1) is 26.6. The number of fused-ring (bicyclic) bond motifs is 1. The molecular weight excluding hydrogens is 780 g/mol. The molecule has 0 aromatic heterocycles. The topological polar surface area (TPSA) is 363 Å². The zero-order valence-electron chi connectivity index (χ0n) is 30.7. The molecule has 26 heteroatoms. The van der Waals surface area contributed by atoms with Crippen LogP contribution in [0.25, 0.3) is 0 Å². The largest absolute Gasteiger partial charge is 0.495 e. The first-order valence-electron chi connectivity index (χ1n) is 16.8. The van der Waals surface area contributed by atoms with Gasteiger partial charge in [-0.15, -0.1) is 0 Å². The highest BCUT2D eigenvalue weighted by molar-refractivity contribution is 5.92. The number of aliphatic hydroxyl groups is 1. The molecule has 2 aliphatic heterocycles. The number of nitro groups is 4. The average Bonchev–Trinajstić information content (AvgIpc) is 3.12. The van der Waals surface area contributed by atoms with E-state index in [9.17, 15) is 69.5 Å². The summed E-state index contributed by atoms with van der Waals surface area (Å²) in [6.07, 6.45) is -11.6. The summed E-state index contributed by atoms with van der Waals surface area (Å²) in [5.74, 6) is -4.89. The second-order valence-corrected chi connectivity index (χ2v) is 12.6. The van der Waals surface area contributed by atoms with E-state index in [1.165, 1.54) is 13.2 Å². The number of carboxylic acids is 1. The SMILES string of the molecule is COc1c(C(=O)O)ccc2c1CCC(C)(C)O2.O=C(CC[N+](=O)[O-])OCC1OC(O)C(OC(=O)CC[N+](=O)[O-])C(OC(=O)CC[N+](=O)[O-])C1OC(=O)CC[N+](=O)[O-]. The summed E-state index contributed by atoms with van der Waals surface area (Å²) in [7, 11) is 1.49. The maximum Gasteiger partial charge on any atom is 0.339 e. The molecule has 57 heavy (non-hydrogen) atoms. The molecular formula is C31H40N4O22. The lowest BCUT2D eigenvalue weighted by Gasteiger charge is -2.42. The summed E-state index contributed by atoms with van der Waals surface area (Å²) in [6.45, 7) is -0.416. The zero-order valence-corrected chi connectivity index (χ0v) is 30.7. The first-order valence-corrected chi connectivity index (χ1v) is 16.8. The van der Waals surface area contributed by atoms with Gasteiger partial charge in [-0.2, -0.15) is 0 Å². The van der Waals surface area contributed by atoms with E-state index in [1.54, 1.807) is 6.07 Å². The number of aromatic carboxylic acids is 1. The molecule has 5 unspecified atom stereocenters. The van der Waals surface area contributed by atoms with Gasteiger partial charge in [0, 0.05) is 25.3 Å². The van der Waals surface area contributed by atoms with E-state index in [0.29, 0.717) is 5.75 Å². The highest BCUT2D eigenvalue weighted by atomic mass is 16.7. The van der Waals surface area contributed by atoms with Crippen LogP contribution in [0.15, 0.2) is 12.1 Å². The molecule has 2 heterocycles. The maximum absolute atomic E-state index is 12.3. The molecule has 0 bridgehead atoms. The fourth-order valence-electron chi connectivity index (χ4n) is 5.16. The average molecular weight is 821 g/mol. The highest BCUT2D eigenvalue weighted by Crippen LogP contribution is 2.40. The molecule has 1 saturated heterocycles. The van der Waals surface area contributed by atoms with Gasteiger partial charge >= 0.3 is 29.8 Å².